The number of hydrogen-bond donors (Lipinski definition) is 2. The van der Waals surface area contributed by atoms with Crippen LogP contribution >= 0.6 is 0 Å². The highest BCUT2D eigenvalue weighted by atomic mass is 16.7. The maximum atomic E-state index is 9.01. The molecule has 1 aromatic carbocycles. The minimum absolute atomic E-state index is 0.283. The predicted octanol–water partition coefficient (Wildman–Crippen LogP) is 2.73. The third-order valence-electron chi connectivity index (χ3n) is 4.17. The summed E-state index contributed by atoms with van der Waals surface area (Å²) >= 11 is 0. The van der Waals surface area contributed by atoms with E-state index >= 15 is 0 Å². The first-order valence-electron chi connectivity index (χ1n) is 7.95. The van der Waals surface area contributed by atoms with Gasteiger partial charge in [0.25, 0.3) is 0 Å². The van der Waals surface area contributed by atoms with Crippen molar-refractivity contribution < 1.29 is 14.6 Å². The van der Waals surface area contributed by atoms with Crippen LogP contribution in [0.1, 0.15) is 38.7 Å². The van der Waals surface area contributed by atoms with Gasteiger partial charge in [0.1, 0.15) is 0 Å². The first-order chi connectivity index (χ1) is 10.2. The Morgan fingerprint density at radius 2 is 2.05 bits per heavy atom. The number of aliphatic hydroxyl groups is 1. The van der Waals surface area contributed by atoms with Crippen LogP contribution in [0.15, 0.2) is 18.2 Å². The molecule has 0 aromatic heterocycles. The Hall–Kier alpha value is -1.26. The van der Waals surface area contributed by atoms with Crippen molar-refractivity contribution in [2.45, 2.75) is 45.6 Å². The minimum atomic E-state index is 0.283. The number of hydrogen-bond acceptors (Lipinski definition) is 4. The van der Waals surface area contributed by atoms with E-state index < -0.39 is 0 Å². The Morgan fingerprint density at radius 1 is 1.24 bits per heavy atom. The van der Waals surface area contributed by atoms with Gasteiger partial charge in [-0.1, -0.05) is 19.4 Å². The molecule has 1 aliphatic heterocycles. The highest BCUT2D eigenvalue weighted by molar-refractivity contribution is 5.44. The zero-order valence-electron chi connectivity index (χ0n) is 13.1. The van der Waals surface area contributed by atoms with Gasteiger partial charge in [-0.15, -0.1) is 0 Å². The van der Waals surface area contributed by atoms with Crippen LogP contribution in [0.5, 0.6) is 11.5 Å². The number of aryl methyl sites for hydroxylation is 1. The summed E-state index contributed by atoms with van der Waals surface area (Å²) < 4.78 is 10.7. The largest absolute Gasteiger partial charge is 0.454 e. The molecule has 0 amide bonds. The molecule has 2 atom stereocenters. The average molecular weight is 293 g/mol. The van der Waals surface area contributed by atoms with Crippen LogP contribution in [0.25, 0.3) is 0 Å². The molecule has 1 heterocycles. The lowest BCUT2D eigenvalue weighted by Gasteiger charge is -2.19. The fourth-order valence-electron chi connectivity index (χ4n) is 2.58. The zero-order chi connectivity index (χ0) is 15.1. The third-order valence-corrected chi connectivity index (χ3v) is 4.17. The van der Waals surface area contributed by atoms with Crippen LogP contribution in [0.4, 0.5) is 0 Å². The summed E-state index contributed by atoms with van der Waals surface area (Å²) in [6.45, 7) is 6.00. The number of rotatable bonds is 9. The van der Waals surface area contributed by atoms with Crippen molar-refractivity contribution in [3.63, 3.8) is 0 Å². The Balaban J connectivity index is 1.72. The van der Waals surface area contributed by atoms with Crippen LogP contribution in [-0.2, 0) is 6.42 Å². The number of nitrogens with one attached hydrogen (secondary N) is 1. The first-order valence-corrected chi connectivity index (χ1v) is 7.95. The second-order valence-corrected chi connectivity index (χ2v) is 5.82. The molecule has 0 saturated heterocycles. The van der Waals surface area contributed by atoms with Gasteiger partial charge in [0.15, 0.2) is 11.5 Å². The number of aliphatic hydroxyl groups excluding tert-OH is 1. The van der Waals surface area contributed by atoms with E-state index in [9.17, 15) is 0 Å². The van der Waals surface area contributed by atoms with Gasteiger partial charge in [-0.3, -0.25) is 0 Å². The molecular formula is C17H27NO3. The van der Waals surface area contributed by atoms with E-state index in [2.05, 4.69) is 31.3 Å². The summed E-state index contributed by atoms with van der Waals surface area (Å²) in [6.07, 6.45) is 4.12. The molecule has 0 radical (unpaired) electrons. The lowest BCUT2D eigenvalue weighted by atomic mass is 10.0. The molecule has 1 aliphatic rings. The third kappa shape index (κ3) is 4.90. The normalized spacial score (nSPS) is 16.0. The summed E-state index contributed by atoms with van der Waals surface area (Å²) in [5.41, 5.74) is 1.29. The van der Waals surface area contributed by atoms with Crippen molar-refractivity contribution in [1.82, 2.24) is 5.32 Å². The molecule has 0 fully saturated rings. The molecule has 0 saturated carbocycles. The molecule has 0 bridgehead atoms. The Kier molecular flexibility index (Phi) is 6.33. The lowest BCUT2D eigenvalue weighted by molar-refractivity contribution is 0.174. The quantitative estimate of drug-likeness (QED) is 0.735. The molecule has 2 rings (SSSR count). The highest BCUT2D eigenvalue weighted by Crippen LogP contribution is 2.32. The molecule has 2 N–H and O–H groups in total. The second-order valence-electron chi connectivity index (χ2n) is 5.82. The van der Waals surface area contributed by atoms with Gasteiger partial charge < -0.3 is 19.9 Å². The zero-order valence-corrected chi connectivity index (χ0v) is 13.1. The molecule has 2 unspecified atom stereocenters. The standard InChI is InChI=1S/C17H27NO3/c1-3-14(8-9-19)11-18-13(2)4-5-15-6-7-16-17(10-15)21-12-20-16/h6-7,10,13-14,18-19H,3-5,8-9,11-12H2,1-2H3. The summed E-state index contributed by atoms with van der Waals surface area (Å²) in [6, 6.07) is 6.66. The van der Waals surface area contributed by atoms with Gasteiger partial charge in [0, 0.05) is 12.6 Å². The van der Waals surface area contributed by atoms with Crippen molar-refractivity contribution in [3.8, 4) is 11.5 Å². The van der Waals surface area contributed by atoms with Crippen LogP contribution in [-0.4, -0.2) is 31.1 Å². The summed E-state index contributed by atoms with van der Waals surface area (Å²) in [5.74, 6) is 2.28. The number of ether oxygens (including phenoxy) is 2. The fourth-order valence-corrected chi connectivity index (χ4v) is 2.58. The molecule has 0 spiro atoms. The van der Waals surface area contributed by atoms with Crippen molar-refractivity contribution in [2.75, 3.05) is 19.9 Å². The van der Waals surface area contributed by atoms with Gasteiger partial charge in [-0.2, -0.15) is 0 Å². The van der Waals surface area contributed by atoms with Crippen LogP contribution < -0.4 is 14.8 Å². The van der Waals surface area contributed by atoms with Gasteiger partial charge in [-0.05, 0) is 56.3 Å². The molecule has 21 heavy (non-hydrogen) atoms. The van der Waals surface area contributed by atoms with Gasteiger partial charge in [0.05, 0.1) is 0 Å². The van der Waals surface area contributed by atoms with Crippen molar-refractivity contribution in [2.24, 2.45) is 5.92 Å². The Labute approximate surface area is 127 Å². The molecule has 4 heteroatoms. The van der Waals surface area contributed by atoms with Crippen molar-refractivity contribution in [1.29, 1.82) is 0 Å². The summed E-state index contributed by atoms with van der Waals surface area (Å²) in [7, 11) is 0. The smallest absolute Gasteiger partial charge is 0.231 e. The summed E-state index contributed by atoms with van der Waals surface area (Å²) in [5, 5.41) is 12.6. The van der Waals surface area contributed by atoms with Gasteiger partial charge in [-0.25, -0.2) is 0 Å². The first kappa shape index (κ1) is 16.1. The molecule has 0 aliphatic carbocycles. The fraction of sp³-hybridized carbons (Fsp3) is 0.647. The van der Waals surface area contributed by atoms with Crippen LogP contribution in [0, 0.1) is 5.92 Å². The maximum Gasteiger partial charge on any atom is 0.231 e. The molecule has 4 nitrogen and oxygen atoms in total. The van der Waals surface area contributed by atoms with E-state index in [1.54, 1.807) is 0 Å². The van der Waals surface area contributed by atoms with E-state index in [0.29, 0.717) is 18.8 Å². The summed E-state index contributed by atoms with van der Waals surface area (Å²) in [4.78, 5) is 0. The number of fused-ring (bicyclic) bond motifs is 1. The maximum absolute atomic E-state index is 9.01. The second kappa shape index (κ2) is 8.25. The Morgan fingerprint density at radius 3 is 2.81 bits per heavy atom. The highest BCUT2D eigenvalue weighted by Gasteiger charge is 2.13. The monoisotopic (exact) mass is 293 g/mol. The molecular weight excluding hydrogens is 266 g/mol. The van der Waals surface area contributed by atoms with Crippen LogP contribution in [0.3, 0.4) is 0 Å². The number of benzene rings is 1. The van der Waals surface area contributed by atoms with Crippen molar-refractivity contribution in [3.05, 3.63) is 23.8 Å². The topological polar surface area (TPSA) is 50.7 Å². The Bertz CT molecular complexity index is 436. The van der Waals surface area contributed by atoms with Gasteiger partial charge >= 0.3 is 0 Å². The SMILES string of the molecule is CCC(CCO)CNC(C)CCc1ccc2c(c1)OCO2. The van der Waals surface area contributed by atoms with E-state index in [-0.39, 0.29) is 6.61 Å². The van der Waals surface area contributed by atoms with Crippen molar-refractivity contribution >= 4 is 0 Å². The predicted molar refractivity (Wildman–Crippen MR) is 83.8 cm³/mol. The van der Waals surface area contributed by atoms with E-state index in [1.807, 2.05) is 6.07 Å². The van der Waals surface area contributed by atoms with E-state index in [4.69, 9.17) is 14.6 Å². The van der Waals surface area contributed by atoms with Crippen LogP contribution in [0.2, 0.25) is 0 Å². The van der Waals surface area contributed by atoms with E-state index in [0.717, 1.165) is 43.7 Å². The minimum Gasteiger partial charge on any atom is -0.454 e. The molecule has 1 aromatic rings. The molecule has 118 valence electrons. The average Bonchev–Trinajstić information content (AvgIpc) is 2.96. The van der Waals surface area contributed by atoms with Gasteiger partial charge in [0.2, 0.25) is 6.79 Å². The lowest BCUT2D eigenvalue weighted by Crippen LogP contribution is -2.31. The van der Waals surface area contributed by atoms with E-state index in [1.165, 1.54) is 5.56 Å².